The lowest BCUT2D eigenvalue weighted by molar-refractivity contribution is -0.122. The van der Waals surface area contributed by atoms with Gasteiger partial charge in [-0.25, -0.2) is 0 Å². The Bertz CT molecular complexity index is 667. The average molecular weight is 299 g/mol. The summed E-state index contributed by atoms with van der Waals surface area (Å²) in [6, 6.07) is 13.2. The number of anilines is 1. The van der Waals surface area contributed by atoms with Crippen molar-refractivity contribution < 1.29 is 14.3 Å². The largest absolute Gasteiger partial charge is 0.497 e. The molecule has 0 aromatic heterocycles. The number of amides is 1. The molecule has 2 aromatic carbocycles. The second-order valence-electron chi connectivity index (χ2n) is 5.25. The van der Waals surface area contributed by atoms with Crippen molar-refractivity contribution >= 4 is 11.6 Å². The average Bonchev–Trinajstić information content (AvgIpc) is 2.51. The lowest BCUT2D eigenvalue weighted by Crippen LogP contribution is -2.30. The van der Waals surface area contributed by atoms with Crippen molar-refractivity contribution in [3.63, 3.8) is 0 Å². The summed E-state index contributed by atoms with van der Waals surface area (Å²) in [5.41, 5.74) is 2.79. The highest BCUT2D eigenvalue weighted by molar-refractivity contribution is 5.94. The van der Waals surface area contributed by atoms with Crippen LogP contribution in [0.2, 0.25) is 0 Å². The molecule has 1 N–H and O–H groups in total. The van der Waals surface area contributed by atoms with Crippen molar-refractivity contribution in [3.8, 4) is 11.5 Å². The Kier molecular flexibility index (Phi) is 5.04. The molecule has 0 fully saturated rings. The van der Waals surface area contributed by atoms with Crippen LogP contribution in [0.1, 0.15) is 18.1 Å². The number of hydrogen-bond acceptors (Lipinski definition) is 3. The Hall–Kier alpha value is -2.49. The van der Waals surface area contributed by atoms with Crippen LogP contribution in [0.3, 0.4) is 0 Å². The fourth-order valence-corrected chi connectivity index (χ4v) is 2.02. The van der Waals surface area contributed by atoms with E-state index in [1.807, 2.05) is 50.2 Å². The fourth-order valence-electron chi connectivity index (χ4n) is 2.02. The summed E-state index contributed by atoms with van der Waals surface area (Å²) in [4.78, 5) is 12.2. The molecular weight excluding hydrogens is 278 g/mol. The number of carbonyl (C=O) groups is 1. The third kappa shape index (κ3) is 4.01. The quantitative estimate of drug-likeness (QED) is 0.915. The van der Waals surface area contributed by atoms with E-state index in [0.29, 0.717) is 11.4 Å². The standard InChI is InChI=1S/C18H21NO3/c1-12-8-9-13(2)17(10-12)22-14(3)18(20)19-15-6-5-7-16(11-15)21-4/h5-11,14H,1-4H3,(H,19,20)/t14-/m1/s1. The first-order valence-electron chi connectivity index (χ1n) is 7.18. The zero-order valence-electron chi connectivity index (χ0n) is 13.3. The third-order valence-electron chi connectivity index (χ3n) is 3.35. The molecule has 0 radical (unpaired) electrons. The van der Waals surface area contributed by atoms with Crippen LogP contribution in [0.15, 0.2) is 42.5 Å². The molecule has 1 atom stereocenters. The van der Waals surface area contributed by atoms with Crippen molar-refractivity contribution in [3.05, 3.63) is 53.6 Å². The molecule has 4 nitrogen and oxygen atoms in total. The minimum absolute atomic E-state index is 0.200. The Labute approximate surface area is 131 Å². The zero-order chi connectivity index (χ0) is 16.1. The van der Waals surface area contributed by atoms with Gasteiger partial charge in [0, 0.05) is 11.8 Å². The summed E-state index contributed by atoms with van der Waals surface area (Å²) < 4.78 is 10.9. The van der Waals surface area contributed by atoms with E-state index in [-0.39, 0.29) is 5.91 Å². The molecule has 0 saturated heterocycles. The van der Waals surface area contributed by atoms with E-state index in [9.17, 15) is 4.79 Å². The number of carbonyl (C=O) groups excluding carboxylic acids is 1. The van der Waals surface area contributed by atoms with E-state index in [1.165, 1.54) is 0 Å². The maximum Gasteiger partial charge on any atom is 0.265 e. The second-order valence-corrected chi connectivity index (χ2v) is 5.25. The molecule has 2 aromatic rings. The molecule has 1 amide bonds. The summed E-state index contributed by atoms with van der Waals surface area (Å²) >= 11 is 0. The van der Waals surface area contributed by atoms with E-state index >= 15 is 0 Å². The lowest BCUT2D eigenvalue weighted by Gasteiger charge is -2.17. The Morgan fingerprint density at radius 3 is 2.64 bits per heavy atom. The van der Waals surface area contributed by atoms with E-state index < -0.39 is 6.10 Å². The molecule has 22 heavy (non-hydrogen) atoms. The normalized spacial score (nSPS) is 11.6. The van der Waals surface area contributed by atoms with Crippen LogP contribution in [0, 0.1) is 13.8 Å². The Balaban J connectivity index is 2.04. The molecule has 116 valence electrons. The first kappa shape index (κ1) is 15.9. The number of aryl methyl sites for hydroxylation is 2. The number of rotatable bonds is 5. The van der Waals surface area contributed by atoms with Crippen molar-refractivity contribution in [2.24, 2.45) is 0 Å². The number of methoxy groups -OCH3 is 1. The van der Waals surface area contributed by atoms with Crippen LogP contribution in [0.4, 0.5) is 5.69 Å². The van der Waals surface area contributed by atoms with Gasteiger partial charge >= 0.3 is 0 Å². The van der Waals surface area contributed by atoms with Gasteiger partial charge in [0.05, 0.1) is 7.11 Å². The zero-order valence-corrected chi connectivity index (χ0v) is 13.3. The molecule has 0 aliphatic rings. The first-order chi connectivity index (χ1) is 10.5. The van der Waals surface area contributed by atoms with Gasteiger partial charge in [0.1, 0.15) is 11.5 Å². The van der Waals surface area contributed by atoms with Crippen LogP contribution in [0.5, 0.6) is 11.5 Å². The van der Waals surface area contributed by atoms with Crippen molar-refractivity contribution in [2.45, 2.75) is 26.9 Å². The highest BCUT2D eigenvalue weighted by atomic mass is 16.5. The van der Waals surface area contributed by atoms with E-state index in [0.717, 1.165) is 16.9 Å². The summed E-state index contributed by atoms with van der Waals surface area (Å²) in [6.45, 7) is 5.69. The van der Waals surface area contributed by atoms with Gasteiger partial charge in [-0.05, 0) is 50.1 Å². The van der Waals surface area contributed by atoms with Crippen LogP contribution in [0.25, 0.3) is 0 Å². The highest BCUT2D eigenvalue weighted by Gasteiger charge is 2.16. The number of benzene rings is 2. The molecule has 2 rings (SSSR count). The van der Waals surface area contributed by atoms with Crippen molar-refractivity contribution in [2.75, 3.05) is 12.4 Å². The highest BCUT2D eigenvalue weighted by Crippen LogP contribution is 2.21. The monoisotopic (exact) mass is 299 g/mol. The number of nitrogens with one attached hydrogen (secondary N) is 1. The topological polar surface area (TPSA) is 47.6 Å². The predicted molar refractivity (Wildman–Crippen MR) is 87.6 cm³/mol. The minimum atomic E-state index is -0.591. The van der Waals surface area contributed by atoms with E-state index in [2.05, 4.69) is 5.32 Å². The van der Waals surface area contributed by atoms with E-state index in [4.69, 9.17) is 9.47 Å². The van der Waals surface area contributed by atoms with Gasteiger partial charge in [-0.15, -0.1) is 0 Å². The third-order valence-corrected chi connectivity index (χ3v) is 3.35. The van der Waals surface area contributed by atoms with Gasteiger partial charge in [0.15, 0.2) is 6.10 Å². The molecule has 0 aliphatic heterocycles. The molecule has 0 aliphatic carbocycles. The molecular formula is C18H21NO3. The Morgan fingerprint density at radius 2 is 1.91 bits per heavy atom. The maximum absolute atomic E-state index is 12.2. The molecule has 0 unspecified atom stereocenters. The summed E-state index contributed by atoms with van der Waals surface area (Å²) in [5, 5.41) is 2.83. The minimum Gasteiger partial charge on any atom is -0.497 e. The van der Waals surface area contributed by atoms with Gasteiger partial charge in [-0.1, -0.05) is 18.2 Å². The van der Waals surface area contributed by atoms with Crippen LogP contribution in [-0.2, 0) is 4.79 Å². The summed E-state index contributed by atoms with van der Waals surface area (Å²) in [7, 11) is 1.59. The van der Waals surface area contributed by atoms with Gasteiger partial charge in [0.25, 0.3) is 5.91 Å². The Morgan fingerprint density at radius 1 is 1.14 bits per heavy atom. The van der Waals surface area contributed by atoms with Gasteiger partial charge in [-0.2, -0.15) is 0 Å². The molecule has 0 heterocycles. The van der Waals surface area contributed by atoms with Gasteiger partial charge in [0.2, 0.25) is 0 Å². The number of hydrogen-bond donors (Lipinski definition) is 1. The summed E-state index contributed by atoms with van der Waals surface area (Å²) in [5.74, 6) is 1.23. The lowest BCUT2D eigenvalue weighted by atomic mass is 10.1. The first-order valence-corrected chi connectivity index (χ1v) is 7.18. The van der Waals surface area contributed by atoms with Crippen molar-refractivity contribution in [1.29, 1.82) is 0 Å². The molecule has 0 spiro atoms. The molecule has 4 heteroatoms. The maximum atomic E-state index is 12.2. The number of ether oxygens (including phenoxy) is 2. The SMILES string of the molecule is COc1cccc(NC(=O)[C@@H](C)Oc2cc(C)ccc2C)c1. The fraction of sp³-hybridized carbons (Fsp3) is 0.278. The smallest absolute Gasteiger partial charge is 0.265 e. The molecule has 0 saturated carbocycles. The van der Waals surface area contributed by atoms with Gasteiger partial charge in [-0.3, -0.25) is 4.79 Å². The van der Waals surface area contributed by atoms with Crippen LogP contribution >= 0.6 is 0 Å². The van der Waals surface area contributed by atoms with E-state index in [1.54, 1.807) is 20.1 Å². The van der Waals surface area contributed by atoms with Crippen LogP contribution in [-0.4, -0.2) is 19.1 Å². The molecule has 0 bridgehead atoms. The van der Waals surface area contributed by atoms with Crippen molar-refractivity contribution in [1.82, 2.24) is 0 Å². The van der Waals surface area contributed by atoms with Gasteiger partial charge < -0.3 is 14.8 Å². The summed E-state index contributed by atoms with van der Waals surface area (Å²) in [6.07, 6.45) is -0.591. The predicted octanol–water partition coefficient (Wildman–Crippen LogP) is 3.72. The van der Waals surface area contributed by atoms with Crippen LogP contribution < -0.4 is 14.8 Å². The second kappa shape index (κ2) is 6.98.